The number of halogens is 2. The van der Waals surface area contributed by atoms with Crippen molar-refractivity contribution in [2.45, 2.75) is 6.92 Å². The van der Waals surface area contributed by atoms with Crippen molar-refractivity contribution in [3.05, 3.63) is 51.6 Å². The SMILES string of the molecule is Cc1ccc([N+](=O)[O-])c(Oc2nc(N)c(F)cc2F)c1. The molecule has 0 aliphatic carbocycles. The molecular formula is C12H9F2N3O3. The molecule has 0 amide bonds. The molecule has 0 spiro atoms. The Bertz CT molecular complexity index is 692. The molecule has 0 radical (unpaired) electrons. The van der Waals surface area contributed by atoms with Crippen LogP contribution in [0.15, 0.2) is 24.3 Å². The van der Waals surface area contributed by atoms with Crippen LogP contribution in [0.4, 0.5) is 20.3 Å². The summed E-state index contributed by atoms with van der Waals surface area (Å²) < 4.78 is 31.5. The molecule has 0 fully saturated rings. The number of pyridine rings is 1. The number of nitrogen functional groups attached to an aromatic ring is 1. The highest BCUT2D eigenvalue weighted by Crippen LogP contribution is 2.33. The van der Waals surface area contributed by atoms with Gasteiger partial charge < -0.3 is 10.5 Å². The molecule has 104 valence electrons. The van der Waals surface area contributed by atoms with Crippen molar-refractivity contribution in [2.75, 3.05) is 5.73 Å². The van der Waals surface area contributed by atoms with Crippen molar-refractivity contribution in [3.63, 3.8) is 0 Å². The van der Waals surface area contributed by atoms with E-state index in [1.54, 1.807) is 6.92 Å². The first kappa shape index (κ1) is 13.7. The van der Waals surface area contributed by atoms with Crippen LogP contribution in [0.3, 0.4) is 0 Å². The number of aromatic nitrogens is 1. The molecule has 20 heavy (non-hydrogen) atoms. The predicted molar refractivity (Wildman–Crippen MR) is 66.5 cm³/mol. The quantitative estimate of drug-likeness (QED) is 0.689. The number of hydrogen-bond donors (Lipinski definition) is 1. The van der Waals surface area contributed by atoms with Gasteiger partial charge in [0, 0.05) is 12.1 Å². The average Bonchev–Trinajstić information content (AvgIpc) is 2.35. The Morgan fingerprint density at radius 1 is 1.30 bits per heavy atom. The van der Waals surface area contributed by atoms with Crippen molar-refractivity contribution in [1.29, 1.82) is 0 Å². The summed E-state index contributed by atoms with van der Waals surface area (Å²) in [7, 11) is 0. The number of nitrogens with zero attached hydrogens (tertiary/aromatic N) is 2. The minimum atomic E-state index is -1.10. The second kappa shape index (κ2) is 5.08. The lowest BCUT2D eigenvalue weighted by atomic mass is 10.2. The molecule has 0 saturated carbocycles. The maximum Gasteiger partial charge on any atom is 0.311 e. The summed E-state index contributed by atoms with van der Waals surface area (Å²) in [5.74, 6) is -3.53. The summed E-state index contributed by atoms with van der Waals surface area (Å²) in [5.41, 5.74) is 5.51. The van der Waals surface area contributed by atoms with Crippen LogP contribution in [0, 0.1) is 28.7 Å². The van der Waals surface area contributed by atoms with Crippen LogP contribution in [0.2, 0.25) is 0 Å². The van der Waals surface area contributed by atoms with Crippen molar-refractivity contribution < 1.29 is 18.4 Å². The molecule has 2 aromatic rings. The number of rotatable bonds is 3. The zero-order chi connectivity index (χ0) is 14.9. The van der Waals surface area contributed by atoms with Gasteiger partial charge in [-0.15, -0.1) is 0 Å². The third kappa shape index (κ3) is 2.63. The Hall–Kier alpha value is -2.77. The van der Waals surface area contributed by atoms with E-state index < -0.39 is 28.3 Å². The van der Waals surface area contributed by atoms with E-state index in [0.29, 0.717) is 11.6 Å². The number of anilines is 1. The summed E-state index contributed by atoms with van der Waals surface area (Å²) in [4.78, 5) is 13.6. The summed E-state index contributed by atoms with van der Waals surface area (Å²) >= 11 is 0. The third-order valence-corrected chi connectivity index (χ3v) is 2.44. The van der Waals surface area contributed by atoms with Gasteiger partial charge in [0.2, 0.25) is 5.75 Å². The van der Waals surface area contributed by atoms with E-state index in [2.05, 4.69) is 4.98 Å². The molecule has 2 rings (SSSR count). The lowest BCUT2D eigenvalue weighted by molar-refractivity contribution is -0.385. The number of ether oxygens (including phenoxy) is 1. The third-order valence-electron chi connectivity index (χ3n) is 2.44. The van der Waals surface area contributed by atoms with Gasteiger partial charge in [-0.05, 0) is 18.6 Å². The van der Waals surface area contributed by atoms with Crippen LogP contribution >= 0.6 is 0 Å². The highest BCUT2D eigenvalue weighted by atomic mass is 19.1. The molecule has 1 aromatic heterocycles. The summed E-state index contributed by atoms with van der Waals surface area (Å²) in [6, 6.07) is 4.57. The van der Waals surface area contributed by atoms with E-state index in [1.807, 2.05) is 0 Å². The average molecular weight is 281 g/mol. The molecule has 8 heteroatoms. The van der Waals surface area contributed by atoms with Crippen LogP contribution < -0.4 is 10.5 Å². The molecule has 0 bridgehead atoms. The summed E-state index contributed by atoms with van der Waals surface area (Å²) in [6.45, 7) is 1.68. The lowest BCUT2D eigenvalue weighted by Crippen LogP contribution is -2.01. The first-order valence-electron chi connectivity index (χ1n) is 5.43. The number of nitrogens with two attached hydrogens (primary N) is 1. The molecule has 1 heterocycles. The van der Waals surface area contributed by atoms with Gasteiger partial charge in [0.1, 0.15) is 0 Å². The maximum atomic E-state index is 13.5. The van der Waals surface area contributed by atoms with Gasteiger partial charge in [-0.25, -0.2) is 8.78 Å². The fourth-order valence-electron chi connectivity index (χ4n) is 1.49. The van der Waals surface area contributed by atoms with Gasteiger partial charge in [-0.1, -0.05) is 6.07 Å². The van der Waals surface area contributed by atoms with E-state index >= 15 is 0 Å². The molecule has 0 saturated heterocycles. The molecule has 6 nitrogen and oxygen atoms in total. The normalized spacial score (nSPS) is 10.3. The van der Waals surface area contributed by atoms with Crippen LogP contribution in [0.5, 0.6) is 11.6 Å². The van der Waals surface area contributed by atoms with Gasteiger partial charge in [-0.2, -0.15) is 4.98 Å². The second-order valence-electron chi connectivity index (χ2n) is 3.97. The highest BCUT2D eigenvalue weighted by molar-refractivity contribution is 5.50. The van der Waals surface area contributed by atoms with Crippen LogP contribution in [0.1, 0.15) is 5.56 Å². The van der Waals surface area contributed by atoms with Gasteiger partial charge in [-0.3, -0.25) is 10.1 Å². The first-order chi connectivity index (χ1) is 9.38. The monoisotopic (exact) mass is 281 g/mol. The van der Waals surface area contributed by atoms with Gasteiger partial charge >= 0.3 is 5.69 Å². The Morgan fingerprint density at radius 2 is 2.00 bits per heavy atom. The van der Waals surface area contributed by atoms with Crippen molar-refractivity contribution >= 4 is 11.5 Å². The number of benzene rings is 1. The number of aryl methyl sites for hydroxylation is 1. The topological polar surface area (TPSA) is 91.3 Å². The minimum Gasteiger partial charge on any atom is -0.429 e. The fourth-order valence-corrected chi connectivity index (χ4v) is 1.49. The molecule has 0 aliphatic rings. The molecular weight excluding hydrogens is 272 g/mol. The first-order valence-corrected chi connectivity index (χ1v) is 5.43. The standard InChI is InChI=1S/C12H9F2N3O3/c1-6-2-3-9(17(18)19)10(4-6)20-12-8(14)5-7(13)11(15)16-12/h2-5H,1H3,(H2,15,16). The van der Waals surface area contributed by atoms with E-state index in [-0.39, 0.29) is 11.4 Å². The zero-order valence-electron chi connectivity index (χ0n) is 10.3. The largest absolute Gasteiger partial charge is 0.429 e. The Morgan fingerprint density at radius 3 is 2.65 bits per heavy atom. The molecule has 2 N–H and O–H groups in total. The van der Waals surface area contributed by atoms with Crippen LogP contribution in [-0.4, -0.2) is 9.91 Å². The molecule has 0 atom stereocenters. The second-order valence-corrected chi connectivity index (χ2v) is 3.97. The van der Waals surface area contributed by atoms with Crippen LogP contribution in [0.25, 0.3) is 0 Å². The number of nitro benzene ring substituents is 1. The maximum absolute atomic E-state index is 13.5. The smallest absolute Gasteiger partial charge is 0.311 e. The molecule has 0 aliphatic heterocycles. The minimum absolute atomic E-state index is 0.201. The summed E-state index contributed by atoms with van der Waals surface area (Å²) in [5, 5.41) is 10.9. The van der Waals surface area contributed by atoms with Crippen LogP contribution in [-0.2, 0) is 0 Å². The Kier molecular flexibility index (Phi) is 3.47. The van der Waals surface area contributed by atoms with Gasteiger partial charge in [0.05, 0.1) is 4.92 Å². The Balaban J connectivity index is 2.47. The molecule has 0 unspecified atom stereocenters. The van der Waals surface area contributed by atoms with E-state index in [1.165, 1.54) is 18.2 Å². The van der Waals surface area contributed by atoms with Crippen molar-refractivity contribution in [3.8, 4) is 11.6 Å². The number of hydrogen-bond acceptors (Lipinski definition) is 5. The van der Waals surface area contributed by atoms with Gasteiger partial charge in [0.15, 0.2) is 17.5 Å². The zero-order valence-corrected chi connectivity index (χ0v) is 10.3. The van der Waals surface area contributed by atoms with E-state index in [9.17, 15) is 18.9 Å². The predicted octanol–water partition coefficient (Wildman–Crippen LogP) is 2.95. The van der Waals surface area contributed by atoms with Crippen molar-refractivity contribution in [1.82, 2.24) is 4.98 Å². The highest BCUT2D eigenvalue weighted by Gasteiger charge is 2.19. The lowest BCUT2D eigenvalue weighted by Gasteiger charge is -2.08. The number of nitro groups is 1. The van der Waals surface area contributed by atoms with Crippen molar-refractivity contribution in [2.24, 2.45) is 0 Å². The Labute approximate surface area is 112 Å². The van der Waals surface area contributed by atoms with E-state index in [4.69, 9.17) is 10.5 Å². The molecule has 1 aromatic carbocycles. The van der Waals surface area contributed by atoms with Gasteiger partial charge in [0.25, 0.3) is 5.88 Å². The fraction of sp³-hybridized carbons (Fsp3) is 0.0833. The van der Waals surface area contributed by atoms with E-state index in [0.717, 1.165) is 0 Å². The summed E-state index contributed by atoms with van der Waals surface area (Å²) in [6.07, 6.45) is 0.